The molecule has 1 aromatic rings. The fourth-order valence-electron chi connectivity index (χ4n) is 0.941. The van der Waals surface area contributed by atoms with Crippen LogP contribution >= 0.6 is 0 Å². The maximum absolute atomic E-state index is 11.5. The lowest BCUT2D eigenvalue weighted by atomic mass is 9.97. The lowest BCUT2D eigenvalue weighted by Gasteiger charge is -2.16. The van der Waals surface area contributed by atoms with Crippen molar-refractivity contribution in [2.75, 3.05) is 0 Å². The van der Waals surface area contributed by atoms with E-state index >= 15 is 0 Å². The molecule has 4 heteroatoms. The summed E-state index contributed by atoms with van der Waals surface area (Å²) in [6.07, 6.45) is 3.26. The molecule has 1 aromatic heterocycles. The molecule has 0 fully saturated rings. The summed E-state index contributed by atoms with van der Waals surface area (Å²) in [5, 5.41) is 0. The molecule has 15 heavy (non-hydrogen) atoms. The van der Waals surface area contributed by atoms with E-state index < -0.39 is 5.41 Å². The molecule has 0 N–H and O–H groups in total. The quantitative estimate of drug-likeness (QED) is 0.696. The maximum Gasteiger partial charge on any atom is 0.311 e. The van der Waals surface area contributed by atoms with Crippen LogP contribution in [0.4, 0.5) is 0 Å². The lowest BCUT2D eigenvalue weighted by Crippen LogP contribution is -2.22. The maximum atomic E-state index is 11.5. The molecule has 0 aliphatic heterocycles. The predicted octanol–water partition coefficient (Wildman–Crippen LogP) is 1.87. The van der Waals surface area contributed by atoms with Crippen LogP contribution in [0.5, 0.6) is 0 Å². The number of hydrogen-bond donors (Lipinski definition) is 0. The highest BCUT2D eigenvalue weighted by molar-refractivity contribution is 5.75. The normalized spacial score (nSPS) is 11.2. The number of hydrogen-bond acceptors (Lipinski definition) is 4. The summed E-state index contributed by atoms with van der Waals surface area (Å²) in [6.45, 7) is 7.48. The number of nitrogens with zero attached hydrogens (tertiary/aromatic N) is 2. The van der Waals surface area contributed by atoms with Crippen LogP contribution in [0.25, 0.3) is 0 Å². The molecule has 0 saturated heterocycles. The Morgan fingerprint density at radius 1 is 1.40 bits per heavy atom. The van der Waals surface area contributed by atoms with E-state index in [4.69, 9.17) is 4.74 Å². The Morgan fingerprint density at radius 2 is 2.07 bits per heavy atom. The Kier molecular flexibility index (Phi) is 3.39. The van der Waals surface area contributed by atoms with Crippen LogP contribution in [0.2, 0.25) is 0 Å². The molecule has 1 rings (SSSR count). The van der Waals surface area contributed by atoms with E-state index in [1.165, 1.54) is 0 Å². The second-order valence-corrected chi connectivity index (χ2v) is 4.48. The van der Waals surface area contributed by atoms with Gasteiger partial charge in [0, 0.05) is 6.20 Å². The molecule has 0 aliphatic carbocycles. The van der Waals surface area contributed by atoms with Gasteiger partial charge >= 0.3 is 5.97 Å². The van der Waals surface area contributed by atoms with E-state index in [1.54, 1.807) is 12.4 Å². The van der Waals surface area contributed by atoms with Crippen molar-refractivity contribution in [1.82, 2.24) is 9.97 Å². The summed E-state index contributed by atoms with van der Waals surface area (Å²) in [4.78, 5) is 19.6. The monoisotopic (exact) mass is 208 g/mol. The van der Waals surface area contributed by atoms with E-state index in [9.17, 15) is 4.79 Å². The summed E-state index contributed by atoms with van der Waals surface area (Å²) in [5.74, 6) is -0.231. The standard InChI is InChI=1S/C11H16N2O2/c1-8-5-12-6-9(13-8)7-15-10(14)11(2,3)4/h5-6H,7H2,1-4H3. The Bertz CT molecular complexity index is 356. The van der Waals surface area contributed by atoms with Gasteiger partial charge in [0.1, 0.15) is 6.61 Å². The molecule has 82 valence electrons. The Hall–Kier alpha value is -1.45. The van der Waals surface area contributed by atoms with Crippen LogP contribution in [-0.4, -0.2) is 15.9 Å². The predicted molar refractivity (Wildman–Crippen MR) is 56.0 cm³/mol. The summed E-state index contributed by atoms with van der Waals surface area (Å²) in [7, 11) is 0. The van der Waals surface area contributed by atoms with Crippen LogP contribution in [0.15, 0.2) is 12.4 Å². The van der Waals surface area contributed by atoms with Crippen LogP contribution < -0.4 is 0 Å². The molecule has 0 aromatic carbocycles. The third kappa shape index (κ3) is 3.65. The smallest absolute Gasteiger partial charge is 0.311 e. The second kappa shape index (κ2) is 4.38. The van der Waals surface area contributed by atoms with Gasteiger partial charge in [-0.3, -0.25) is 14.8 Å². The Labute approximate surface area is 89.7 Å². The van der Waals surface area contributed by atoms with E-state index in [1.807, 2.05) is 27.7 Å². The molecule has 0 radical (unpaired) electrons. The minimum absolute atomic E-state index is 0.185. The first-order chi connectivity index (χ1) is 6.89. The average Bonchev–Trinajstić information content (AvgIpc) is 2.12. The van der Waals surface area contributed by atoms with Crippen molar-refractivity contribution < 1.29 is 9.53 Å². The molecule has 0 aliphatic rings. The Morgan fingerprint density at radius 3 is 2.60 bits per heavy atom. The first-order valence-corrected chi connectivity index (χ1v) is 4.84. The van der Waals surface area contributed by atoms with Crippen LogP contribution in [0, 0.1) is 12.3 Å². The van der Waals surface area contributed by atoms with E-state index in [-0.39, 0.29) is 12.6 Å². The molecule has 4 nitrogen and oxygen atoms in total. The van der Waals surface area contributed by atoms with Gasteiger partial charge in [0.05, 0.1) is 23.0 Å². The first kappa shape index (κ1) is 11.6. The highest BCUT2D eigenvalue weighted by Crippen LogP contribution is 2.15. The highest BCUT2D eigenvalue weighted by Gasteiger charge is 2.22. The molecule has 0 saturated carbocycles. The molecular weight excluding hydrogens is 192 g/mol. The van der Waals surface area contributed by atoms with E-state index in [2.05, 4.69) is 9.97 Å². The van der Waals surface area contributed by atoms with Crippen LogP contribution in [0.3, 0.4) is 0 Å². The second-order valence-electron chi connectivity index (χ2n) is 4.48. The Balaban J connectivity index is 2.55. The van der Waals surface area contributed by atoms with Crippen LogP contribution in [-0.2, 0) is 16.1 Å². The zero-order valence-corrected chi connectivity index (χ0v) is 9.57. The molecule has 0 bridgehead atoms. The summed E-state index contributed by atoms with van der Waals surface area (Å²) in [5.41, 5.74) is 1.02. The largest absolute Gasteiger partial charge is 0.459 e. The number of esters is 1. The molecular formula is C11H16N2O2. The van der Waals surface area contributed by atoms with Gasteiger partial charge in [0.15, 0.2) is 0 Å². The summed E-state index contributed by atoms with van der Waals surface area (Å²) in [6, 6.07) is 0. The molecule has 0 amide bonds. The van der Waals surface area contributed by atoms with Gasteiger partial charge < -0.3 is 4.74 Å². The first-order valence-electron chi connectivity index (χ1n) is 4.84. The molecule has 0 unspecified atom stereocenters. The van der Waals surface area contributed by atoms with E-state index in [0.29, 0.717) is 5.69 Å². The minimum Gasteiger partial charge on any atom is -0.459 e. The third-order valence-corrected chi connectivity index (χ3v) is 1.77. The van der Waals surface area contributed by atoms with Crippen molar-refractivity contribution in [1.29, 1.82) is 0 Å². The summed E-state index contributed by atoms with van der Waals surface area (Å²) < 4.78 is 5.11. The van der Waals surface area contributed by atoms with Gasteiger partial charge in [-0.05, 0) is 27.7 Å². The zero-order valence-electron chi connectivity index (χ0n) is 9.57. The van der Waals surface area contributed by atoms with Crippen molar-refractivity contribution >= 4 is 5.97 Å². The highest BCUT2D eigenvalue weighted by atomic mass is 16.5. The van der Waals surface area contributed by atoms with Crippen molar-refractivity contribution in [2.24, 2.45) is 5.41 Å². The van der Waals surface area contributed by atoms with Gasteiger partial charge in [-0.2, -0.15) is 0 Å². The van der Waals surface area contributed by atoms with Crippen molar-refractivity contribution in [3.8, 4) is 0 Å². The molecule has 0 spiro atoms. The topological polar surface area (TPSA) is 52.1 Å². The van der Waals surface area contributed by atoms with Crippen molar-refractivity contribution in [2.45, 2.75) is 34.3 Å². The SMILES string of the molecule is Cc1cncc(COC(=O)C(C)(C)C)n1. The van der Waals surface area contributed by atoms with Crippen molar-refractivity contribution in [3.63, 3.8) is 0 Å². The van der Waals surface area contributed by atoms with Gasteiger partial charge in [-0.25, -0.2) is 0 Å². The fourth-order valence-corrected chi connectivity index (χ4v) is 0.941. The third-order valence-electron chi connectivity index (χ3n) is 1.77. The minimum atomic E-state index is -0.475. The van der Waals surface area contributed by atoms with Crippen molar-refractivity contribution in [3.05, 3.63) is 23.8 Å². The number of ether oxygens (including phenoxy) is 1. The van der Waals surface area contributed by atoms with E-state index in [0.717, 1.165) is 5.69 Å². The lowest BCUT2D eigenvalue weighted by molar-refractivity contribution is -0.154. The van der Waals surface area contributed by atoms with Gasteiger partial charge in [-0.15, -0.1) is 0 Å². The average molecular weight is 208 g/mol. The molecule has 0 atom stereocenters. The van der Waals surface area contributed by atoms with Crippen LogP contribution in [0.1, 0.15) is 32.2 Å². The van der Waals surface area contributed by atoms with Gasteiger partial charge in [0.2, 0.25) is 0 Å². The number of aromatic nitrogens is 2. The number of carbonyl (C=O) groups is 1. The van der Waals surface area contributed by atoms with Gasteiger partial charge in [0.25, 0.3) is 0 Å². The zero-order chi connectivity index (χ0) is 11.5. The number of rotatable bonds is 2. The number of carbonyl (C=O) groups excluding carboxylic acids is 1. The molecule has 1 heterocycles. The number of aryl methyl sites for hydroxylation is 1. The van der Waals surface area contributed by atoms with Gasteiger partial charge in [-0.1, -0.05) is 0 Å². The fraction of sp³-hybridized carbons (Fsp3) is 0.545. The summed E-state index contributed by atoms with van der Waals surface area (Å²) >= 11 is 0.